The van der Waals surface area contributed by atoms with E-state index in [1.165, 1.54) is 9.58 Å². The van der Waals surface area contributed by atoms with Gasteiger partial charge in [0.25, 0.3) is 21.7 Å². The van der Waals surface area contributed by atoms with E-state index in [0.717, 1.165) is 12.0 Å². The smallest absolute Gasteiger partial charge is 0.408 e. The SMILES string of the molecule is CC(C)(C)OC(=O)N[C@H]1CCCCC/C=C\[C@@H]2CC2(C(=O)NS(N)(=O)=O)NC(=O)[C@@H]2CC(n3ncc(-c4ccccc4)c(-c4ccccc4)c3=O)CN2C1=O. The third-order valence-corrected chi connectivity index (χ3v) is 10.6. The van der Waals surface area contributed by atoms with Gasteiger partial charge in [0.1, 0.15) is 23.2 Å². The van der Waals surface area contributed by atoms with Crippen LogP contribution < -0.4 is 26.1 Å². The number of nitrogens with zero attached hydrogens (tertiary/aromatic N) is 3. The lowest BCUT2D eigenvalue weighted by atomic mass is 9.97. The minimum atomic E-state index is -4.46. The van der Waals surface area contributed by atoms with Gasteiger partial charge in [-0.3, -0.25) is 19.2 Å². The maximum Gasteiger partial charge on any atom is 0.408 e. The normalized spacial score (nSPS) is 25.3. The Hall–Kier alpha value is -5.35. The number of benzene rings is 2. The maximum absolute atomic E-state index is 14.6. The number of carbonyl (C=O) groups is 4. The van der Waals surface area contributed by atoms with Crippen molar-refractivity contribution in [3.63, 3.8) is 0 Å². The van der Waals surface area contributed by atoms with Crippen LogP contribution in [0.5, 0.6) is 0 Å². The molecule has 1 aromatic heterocycles. The van der Waals surface area contributed by atoms with Crippen molar-refractivity contribution in [3.8, 4) is 22.3 Å². The summed E-state index contributed by atoms with van der Waals surface area (Å²) in [6, 6.07) is 15.4. The molecule has 0 radical (unpaired) electrons. The molecule has 1 aliphatic carbocycles. The monoisotopic (exact) mass is 773 g/mol. The van der Waals surface area contributed by atoms with E-state index >= 15 is 0 Å². The molecule has 2 fully saturated rings. The van der Waals surface area contributed by atoms with Crippen LogP contribution in [0.15, 0.2) is 83.8 Å². The van der Waals surface area contributed by atoms with Crippen LogP contribution in [0.1, 0.15) is 71.8 Å². The van der Waals surface area contributed by atoms with Gasteiger partial charge < -0.3 is 20.3 Å². The lowest BCUT2D eigenvalue weighted by molar-refractivity contribution is -0.141. The number of ether oxygens (including phenoxy) is 1. The quantitative estimate of drug-likeness (QED) is 0.270. The molecule has 3 heterocycles. The minimum absolute atomic E-state index is 0.0735. The fraction of sp³-hybridized carbons (Fsp3) is 0.436. The molecule has 2 aliphatic heterocycles. The highest BCUT2D eigenvalue weighted by molar-refractivity contribution is 7.87. The number of nitrogens with one attached hydrogen (secondary N) is 3. The molecule has 0 bridgehead atoms. The molecule has 6 rings (SSSR count). The van der Waals surface area contributed by atoms with Gasteiger partial charge in [0.2, 0.25) is 11.8 Å². The molecule has 16 heteroatoms. The molecule has 5 N–H and O–H groups in total. The highest BCUT2D eigenvalue weighted by Crippen LogP contribution is 2.46. The van der Waals surface area contributed by atoms with Crippen LogP contribution >= 0.6 is 0 Å². The number of hydrogen-bond donors (Lipinski definition) is 4. The highest BCUT2D eigenvalue weighted by Gasteiger charge is 2.61. The Morgan fingerprint density at radius 3 is 2.31 bits per heavy atom. The second-order valence-corrected chi connectivity index (χ2v) is 16.6. The number of rotatable bonds is 6. The van der Waals surface area contributed by atoms with Gasteiger partial charge in [-0.1, -0.05) is 85.7 Å². The number of alkyl carbamates (subject to hydrolysis) is 1. The van der Waals surface area contributed by atoms with E-state index in [1.807, 2.05) is 66.7 Å². The summed E-state index contributed by atoms with van der Waals surface area (Å²) in [6.07, 6.45) is 7.40. The molecule has 5 atom stereocenters. The van der Waals surface area contributed by atoms with E-state index < -0.39 is 74.8 Å². The molecule has 2 unspecified atom stereocenters. The molecule has 3 aromatic rings. The first-order chi connectivity index (χ1) is 26.1. The molecule has 0 spiro atoms. The Balaban J connectivity index is 1.41. The lowest BCUT2D eigenvalue weighted by Crippen LogP contribution is -2.58. The molecule has 1 saturated carbocycles. The van der Waals surface area contributed by atoms with Crippen molar-refractivity contribution in [1.29, 1.82) is 0 Å². The average Bonchev–Trinajstić information content (AvgIpc) is 3.63. The van der Waals surface area contributed by atoms with Crippen LogP contribution in [0, 0.1) is 5.92 Å². The highest BCUT2D eigenvalue weighted by atomic mass is 32.2. The second kappa shape index (κ2) is 15.8. The lowest BCUT2D eigenvalue weighted by Gasteiger charge is -2.30. The Morgan fingerprint density at radius 2 is 1.65 bits per heavy atom. The van der Waals surface area contributed by atoms with E-state index in [1.54, 1.807) is 37.8 Å². The van der Waals surface area contributed by atoms with Gasteiger partial charge in [-0.2, -0.15) is 13.5 Å². The molecule has 15 nitrogen and oxygen atoms in total. The fourth-order valence-electron chi connectivity index (χ4n) is 7.39. The molecule has 1 saturated heterocycles. The topological polar surface area (TPSA) is 212 Å². The van der Waals surface area contributed by atoms with Crippen LogP contribution in [0.3, 0.4) is 0 Å². The standard InChI is InChI=1S/C39H47N7O8S/c1-38(2,3)54-37(51)42-30-20-14-6-4-5-13-19-27-22-39(27,36(50)44-55(40,52)53)43-33(47)31-21-28(24-45(31)34(30)48)46-35(49)32(26-17-11-8-12-18-26)29(23-41-46)25-15-9-7-10-16-25/h7-13,15-19,23,27-28,30-31H,4-6,14,20-22,24H2,1-3H3,(H,42,51)(H,43,47)(H,44,50)(H2,40,52,53)/b19-13-/t27-,28?,30+,31+,39?/m1/s1. The van der Waals surface area contributed by atoms with Crippen LogP contribution in [0.2, 0.25) is 0 Å². The molecular formula is C39H47N7O8S. The van der Waals surface area contributed by atoms with E-state index in [-0.39, 0.29) is 25.8 Å². The zero-order valence-corrected chi connectivity index (χ0v) is 31.9. The van der Waals surface area contributed by atoms with Gasteiger partial charge >= 0.3 is 6.09 Å². The van der Waals surface area contributed by atoms with Crippen LogP contribution in [-0.4, -0.2) is 76.7 Å². The molecule has 292 valence electrons. The molecular weight excluding hydrogens is 727 g/mol. The van der Waals surface area contributed by atoms with E-state index in [0.29, 0.717) is 36.0 Å². The van der Waals surface area contributed by atoms with Gasteiger partial charge in [-0.15, -0.1) is 0 Å². The van der Waals surface area contributed by atoms with E-state index in [2.05, 4.69) is 15.7 Å². The third kappa shape index (κ3) is 9.14. The van der Waals surface area contributed by atoms with Crippen molar-refractivity contribution < 1.29 is 32.3 Å². The summed E-state index contributed by atoms with van der Waals surface area (Å²) in [6.45, 7) is 4.98. The van der Waals surface area contributed by atoms with Crippen molar-refractivity contribution in [3.05, 3.63) is 89.4 Å². The van der Waals surface area contributed by atoms with Crippen molar-refractivity contribution >= 4 is 34.0 Å². The number of fused-ring (bicyclic) bond motifs is 2. The maximum atomic E-state index is 14.6. The van der Waals surface area contributed by atoms with E-state index in [9.17, 15) is 32.4 Å². The Kier molecular flexibility index (Phi) is 11.3. The van der Waals surface area contributed by atoms with Crippen molar-refractivity contribution in [2.75, 3.05) is 6.54 Å². The zero-order valence-electron chi connectivity index (χ0n) is 31.1. The summed E-state index contributed by atoms with van der Waals surface area (Å²) in [7, 11) is -4.46. The summed E-state index contributed by atoms with van der Waals surface area (Å²) < 4.78 is 32.4. The first-order valence-corrected chi connectivity index (χ1v) is 20.0. The second-order valence-electron chi connectivity index (χ2n) is 15.3. The summed E-state index contributed by atoms with van der Waals surface area (Å²) in [5.41, 5.74) is -0.505. The average molecular weight is 774 g/mol. The molecule has 4 amide bonds. The Bertz CT molecular complexity index is 2140. The minimum Gasteiger partial charge on any atom is -0.444 e. The number of allylic oxidation sites excluding steroid dienone is 1. The fourth-order valence-corrected chi connectivity index (χ4v) is 7.83. The molecule has 2 aromatic carbocycles. The number of amides is 4. The Morgan fingerprint density at radius 1 is 0.982 bits per heavy atom. The number of carbonyl (C=O) groups excluding carboxylic acids is 4. The third-order valence-electron chi connectivity index (χ3n) is 10.1. The number of aromatic nitrogens is 2. The number of hydrogen-bond acceptors (Lipinski definition) is 9. The predicted molar refractivity (Wildman–Crippen MR) is 204 cm³/mol. The van der Waals surface area contributed by atoms with Gasteiger partial charge in [0.05, 0.1) is 17.8 Å². The van der Waals surface area contributed by atoms with Crippen molar-refractivity contribution in [2.45, 2.75) is 95.0 Å². The summed E-state index contributed by atoms with van der Waals surface area (Å²) in [4.78, 5) is 71.2. The molecule has 55 heavy (non-hydrogen) atoms. The van der Waals surface area contributed by atoms with E-state index in [4.69, 9.17) is 9.88 Å². The van der Waals surface area contributed by atoms with Gasteiger partial charge in [0.15, 0.2) is 0 Å². The summed E-state index contributed by atoms with van der Waals surface area (Å²) in [5.74, 6) is -2.84. The van der Waals surface area contributed by atoms with Gasteiger partial charge in [0, 0.05) is 24.4 Å². The first kappa shape index (κ1) is 39.3. The van der Waals surface area contributed by atoms with Gasteiger partial charge in [-0.25, -0.2) is 19.3 Å². The van der Waals surface area contributed by atoms with Crippen molar-refractivity contribution in [1.82, 2.24) is 30.0 Å². The number of nitrogens with two attached hydrogens (primary N) is 1. The van der Waals surface area contributed by atoms with Crippen molar-refractivity contribution in [2.24, 2.45) is 11.1 Å². The molecule has 3 aliphatic rings. The van der Waals surface area contributed by atoms with Crippen LogP contribution in [0.25, 0.3) is 22.3 Å². The summed E-state index contributed by atoms with van der Waals surface area (Å²) >= 11 is 0. The van der Waals surface area contributed by atoms with Gasteiger partial charge in [-0.05, 0) is 57.6 Å². The summed E-state index contributed by atoms with van der Waals surface area (Å²) in [5, 5.41) is 15.2. The van der Waals surface area contributed by atoms with Crippen LogP contribution in [0.4, 0.5) is 4.79 Å². The Labute approximate surface area is 319 Å². The zero-order chi connectivity index (χ0) is 39.5. The van der Waals surface area contributed by atoms with Crippen LogP contribution in [-0.2, 0) is 29.3 Å². The largest absolute Gasteiger partial charge is 0.444 e. The first-order valence-electron chi connectivity index (χ1n) is 18.4. The predicted octanol–water partition coefficient (Wildman–Crippen LogP) is 3.33.